The van der Waals surface area contributed by atoms with Crippen LogP contribution < -0.4 is 14.8 Å². The summed E-state index contributed by atoms with van der Waals surface area (Å²) in [6.07, 6.45) is 1.55. The highest BCUT2D eigenvalue weighted by Gasteiger charge is 2.13. The van der Waals surface area contributed by atoms with Crippen molar-refractivity contribution in [1.82, 2.24) is 0 Å². The van der Waals surface area contributed by atoms with E-state index in [1.54, 1.807) is 18.2 Å². The van der Waals surface area contributed by atoms with Crippen molar-refractivity contribution in [3.63, 3.8) is 0 Å². The molecule has 0 aliphatic rings. The van der Waals surface area contributed by atoms with Crippen molar-refractivity contribution >= 4 is 28.4 Å². The highest BCUT2D eigenvalue weighted by molar-refractivity contribution is 6.10. The molecule has 1 N–H and O–H groups in total. The molecule has 5 nitrogen and oxygen atoms in total. The molecule has 0 aromatic heterocycles. The first-order valence-electron chi connectivity index (χ1n) is 11.9. The Labute approximate surface area is 211 Å². The summed E-state index contributed by atoms with van der Waals surface area (Å²) in [6.45, 7) is 6.73. The number of hydrogen-bond donors (Lipinski definition) is 1. The van der Waals surface area contributed by atoms with Crippen LogP contribution in [0, 0.1) is 25.2 Å². The van der Waals surface area contributed by atoms with E-state index in [1.165, 1.54) is 5.39 Å². The molecular formula is C31H28N2O3. The number of amides is 1. The molecule has 0 aliphatic carbocycles. The average Bonchev–Trinajstić information content (AvgIpc) is 2.89. The number of fused-ring (bicyclic) bond motifs is 1. The molecule has 4 rings (SSSR count). The fourth-order valence-electron chi connectivity index (χ4n) is 4.01. The Morgan fingerprint density at radius 2 is 1.69 bits per heavy atom. The molecule has 0 aliphatic heterocycles. The van der Waals surface area contributed by atoms with Gasteiger partial charge in [-0.25, -0.2) is 0 Å². The number of rotatable bonds is 8. The summed E-state index contributed by atoms with van der Waals surface area (Å²) < 4.78 is 12.0. The van der Waals surface area contributed by atoms with Crippen LogP contribution >= 0.6 is 0 Å². The van der Waals surface area contributed by atoms with Crippen molar-refractivity contribution in [1.29, 1.82) is 5.26 Å². The quantitative estimate of drug-likeness (QED) is 0.220. The smallest absolute Gasteiger partial charge is 0.266 e. The van der Waals surface area contributed by atoms with E-state index in [0.29, 0.717) is 36.0 Å². The lowest BCUT2D eigenvalue weighted by Gasteiger charge is -2.15. The third-order valence-corrected chi connectivity index (χ3v) is 5.98. The molecule has 0 bridgehead atoms. The third kappa shape index (κ3) is 5.56. The lowest BCUT2D eigenvalue weighted by Crippen LogP contribution is -2.14. The summed E-state index contributed by atoms with van der Waals surface area (Å²) in [6, 6.07) is 27.3. The highest BCUT2D eigenvalue weighted by Crippen LogP contribution is 2.32. The minimum atomic E-state index is -0.462. The van der Waals surface area contributed by atoms with Gasteiger partial charge in [0.1, 0.15) is 18.2 Å². The Balaban J connectivity index is 1.57. The van der Waals surface area contributed by atoms with Gasteiger partial charge in [0, 0.05) is 11.3 Å². The molecule has 0 unspecified atom stereocenters. The molecule has 4 aromatic carbocycles. The number of carbonyl (C=O) groups excluding carboxylic acids is 1. The lowest BCUT2D eigenvalue weighted by atomic mass is 10.0. The standard InChI is InChI=1S/C31H28N2O3/c1-4-35-30-18-23(17-25(19-32)31(34)33-28-12-8-5-9-22(28)3)14-16-29(30)36-20-27-21(2)13-15-24-10-6-7-11-26(24)27/h5-18H,4,20H2,1-3H3,(H,33,34)/b25-17+. The first-order valence-corrected chi connectivity index (χ1v) is 11.9. The van der Waals surface area contributed by atoms with Crippen LogP contribution in [-0.2, 0) is 11.4 Å². The van der Waals surface area contributed by atoms with Crippen molar-refractivity contribution in [2.24, 2.45) is 0 Å². The largest absolute Gasteiger partial charge is 0.490 e. The summed E-state index contributed by atoms with van der Waals surface area (Å²) in [7, 11) is 0. The molecule has 0 spiro atoms. The van der Waals surface area contributed by atoms with Crippen LogP contribution in [0.2, 0.25) is 0 Å². The number of para-hydroxylation sites is 1. The Morgan fingerprint density at radius 1 is 0.917 bits per heavy atom. The lowest BCUT2D eigenvalue weighted by molar-refractivity contribution is -0.112. The molecule has 0 saturated carbocycles. The summed E-state index contributed by atoms with van der Waals surface area (Å²) >= 11 is 0. The Kier molecular flexibility index (Phi) is 7.67. The van der Waals surface area contributed by atoms with E-state index in [2.05, 4.69) is 36.5 Å². The van der Waals surface area contributed by atoms with Crippen LogP contribution in [-0.4, -0.2) is 12.5 Å². The van der Waals surface area contributed by atoms with Gasteiger partial charge < -0.3 is 14.8 Å². The summed E-state index contributed by atoms with van der Waals surface area (Å²) in [4.78, 5) is 12.7. The topological polar surface area (TPSA) is 71.3 Å². The van der Waals surface area contributed by atoms with E-state index >= 15 is 0 Å². The summed E-state index contributed by atoms with van der Waals surface area (Å²) in [5.74, 6) is 0.696. The van der Waals surface area contributed by atoms with Crippen molar-refractivity contribution < 1.29 is 14.3 Å². The van der Waals surface area contributed by atoms with Gasteiger partial charge in [-0.1, -0.05) is 60.7 Å². The average molecular weight is 477 g/mol. The number of benzene rings is 4. The molecule has 0 fully saturated rings. The van der Waals surface area contributed by atoms with Gasteiger partial charge in [0.25, 0.3) is 5.91 Å². The number of hydrogen-bond acceptors (Lipinski definition) is 4. The van der Waals surface area contributed by atoms with Gasteiger partial charge >= 0.3 is 0 Å². The third-order valence-electron chi connectivity index (χ3n) is 5.98. The van der Waals surface area contributed by atoms with E-state index in [-0.39, 0.29) is 5.57 Å². The summed E-state index contributed by atoms with van der Waals surface area (Å²) in [5.41, 5.74) is 4.55. The van der Waals surface area contributed by atoms with Crippen LogP contribution in [0.4, 0.5) is 5.69 Å². The van der Waals surface area contributed by atoms with Crippen molar-refractivity contribution in [2.75, 3.05) is 11.9 Å². The van der Waals surface area contributed by atoms with Crippen LogP contribution in [0.25, 0.3) is 16.8 Å². The van der Waals surface area contributed by atoms with E-state index in [0.717, 1.165) is 22.1 Å². The number of aryl methyl sites for hydroxylation is 2. The minimum absolute atomic E-state index is 0.000695. The van der Waals surface area contributed by atoms with E-state index in [4.69, 9.17) is 9.47 Å². The van der Waals surface area contributed by atoms with Gasteiger partial charge in [-0.2, -0.15) is 5.26 Å². The second-order valence-electron chi connectivity index (χ2n) is 8.45. The number of carbonyl (C=O) groups is 1. The van der Waals surface area contributed by atoms with Gasteiger partial charge in [0.05, 0.1) is 6.61 Å². The Bertz CT molecular complexity index is 1480. The predicted molar refractivity (Wildman–Crippen MR) is 144 cm³/mol. The van der Waals surface area contributed by atoms with Gasteiger partial charge in [-0.15, -0.1) is 0 Å². The van der Waals surface area contributed by atoms with Crippen LogP contribution in [0.1, 0.15) is 29.2 Å². The number of ether oxygens (including phenoxy) is 2. The highest BCUT2D eigenvalue weighted by atomic mass is 16.5. The zero-order chi connectivity index (χ0) is 25.5. The zero-order valence-corrected chi connectivity index (χ0v) is 20.7. The van der Waals surface area contributed by atoms with Gasteiger partial charge in [-0.3, -0.25) is 4.79 Å². The van der Waals surface area contributed by atoms with Crippen molar-refractivity contribution in [3.05, 3.63) is 107 Å². The second kappa shape index (κ2) is 11.2. The molecule has 36 heavy (non-hydrogen) atoms. The molecule has 1 amide bonds. The number of nitrogens with one attached hydrogen (secondary N) is 1. The zero-order valence-electron chi connectivity index (χ0n) is 20.7. The maximum Gasteiger partial charge on any atom is 0.266 e. The number of anilines is 1. The SMILES string of the molecule is CCOc1cc(/C=C(\C#N)C(=O)Nc2ccccc2C)ccc1OCc1c(C)ccc2ccccc12. The minimum Gasteiger partial charge on any atom is -0.490 e. The van der Waals surface area contributed by atoms with E-state index in [1.807, 2.05) is 62.4 Å². The number of nitriles is 1. The molecule has 5 heteroatoms. The monoisotopic (exact) mass is 476 g/mol. The normalized spacial score (nSPS) is 11.1. The first kappa shape index (κ1) is 24.6. The van der Waals surface area contributed by atoms with Gasteiger partial charge in [-0.05, 0) is 72.5 Å². The second-order valence-corrected chi connectivity index (χ2v) is 8.45. The Morgan fingerprint density at radius 3 is 2.47 bits per heavy atom. The van der Waals surface area contributed by atoms with Gasteiger partial charge in [0.2, 0.25) is 0 Å². The van der Waals surface area contributed by atoms with E-state index in [9.17, 15) is 10.1 Å². The molecule has 0 saturated heterocycles. The molecule has 0 heterocycles. The molecular weight excluding hydrogens is 448 g/mol. The first-order chi connectivity index (χ1) is 17.5. The van der Waals surface area contributed by atoms with Gasteiger partial charge in [0.15, 0.2) is 11.5 Å². The number of nitrogens with zero attached hydrogens (tertiary/aromatic N) is 1. The molecule has 180 valence electrons. The fraction of sp³-hybridized carbons (Fsp3) is 0.161. The van der Waals surface area contributed by atoms with E-state index < -0.39 is 5.91 Å². The van der Waals surface area contributed by atoms with Crippen molar-refractivity contribution in [2.45, 2.75) is 27.4 Å². The summed E-state index contributed by atoms with van der Waals surface area (Å²) in [5, 5.41) is 14.8. The van der Waals surface area contributed by atoms with Crippen molar-refractivity contribution in [3.8, 4) is 17.6 Å². The maximum absolute atomic E-state index is 12.7. The Hall–Kier alpha value is -4.56. The van der Waals surface area contributed by atoms with Crippen LogP contribution in [0.5, 0.6) is 11.5 Å². The maximum atomic E-state index is 12.7. The fourth-order valence-corrected chi connectivity index (χ4v) is 4.01. The predicted octanol–water partition coefficient (Wildman–Crippen LogP) is 6.98. The molecule has 0 atom stereocenters. The van der Waals surface area contributed by atoms with Crippen LogP contribution in [0.15, 0.2) is 84.4 Å². The van der Waals surface area contributed by atoms with Crippen LogP contribution in [0.3, 0.4) is 0 Å². The molecule has 0 radical (unpaired) electrons. The molecule has 4 aromatic rings.